The molecule has 1 aromatic heterocycles. The SMILES string of the molecule is Cc1ccc(F)cc1-c1cnc(N)c(C)c1. The Morgan fingerprint density at radius 1 is 1.12 bits per heavy atom. The van der Waals surface area contributed by atoms with Gasteiger partial charge in [-0.3, -0.25) is 0 Å². The third kappa shape index (κ3) is 1.89. The number of rotatable bonds is 1. The van der Waals surface area contributed by atoms with Crippen LogP contribution >= 0.6 is 0 Å². The van der Waals surface area contributed by atoms with E-state index in [1.165, 1.54) is 12.1 Å². The van der Waals surface area contributed by atoms with Crippen LogP contribution < -0.4 is 5.73 Å². The number of hydrogen-bond acceptors (Lipinski definition) is 2. The molecular formula is C13H13FN2. The Morgan fingerprint density at radius 3 is 2.56 bits per heavy atom. The first-order chi connectivity index (χ1) is 7.58. The van der Waals surface area contributed by atoms with Crippen LogP contribution in [0.25, 0.3) is 11.1 Å². The Kier molecular flexibility index (Phi) is 2.60. The lowest BCUT2D eigenvalue weighted by molar-refractivity contribution is 0.628. The lowest BCUT2D eigenvalue weighted by atomic mass is 10.0. The summed E-state index contributed by atoms with van der Waals surface area (Å²) in [5, 5.41) is 0. The van der Waals surface area contributed by atoms with Crippen molar-refractivity contribution in [2.75, 3.05) is 5.73 Å². The fraction of sp³-hybridized carbons (Fsp3) is 0.154. The molecule has 16 heavy (non-hydrogen) atoms. The molecule has 0 aliphatic heterocycles. The van der Waals surface area contributed by atoms with Crippen molar-refractivity contribution in [1.82, 2.24) is 4.98 Å². The molecule has 0 unspecified atom stereocenters. The normalized spacial score (nSPS) is 10.4. The third-order valence-corrected chi connectivity index (χ3v) is 2.63. The van der Waals surface area contributed by atoms with Gasteiger partial charge in [0.2, 0.25) is 0 Å². The summed E-state index contributed by atoms with van der Waals surface area (Å²) in [6.45, 7) is 3.83. The largest absolute Gasteiger partial charge is 0.383 e. The predicted molar refractivity (Wildman–Crippen MR) is 63.5 cm³/mol. The van der Waals surface area contributed by atoms with Crippen molar-refractivity contribution in [1.29, 1.82) is 0 Å². The predicted octanol–water partition coefficient (Wildman–Crippen LogP) is 3.09. The van der Waals surface area contributed by atoms with Crippen LogP contribution in [0, 0.1) is 19.7 Å². The van der Waals surface area contributed by atoms with Gasteiger partial charge in [-0.1, -0.05) is 6.07 Å². The van der Waals surface area contributed by atoms with Gasteiger partial charge in [0.05, 0.1) is 0 Å². The molecule has 0 aliphatic rings. The van der Waals surface area contributed by atoms with Crippen LogP contribution in [0.15, 0.2) is 30.5 Å². The molecule has 2 nitrogen and oxygen atoms in total. The molecule has 0 amide bonds. The summed E-state index contributed by atoms with van der Waals surface area (Å²) < 4.78 is 13.2. The Morgan fingerprint density at radius 2 is 1.88 bits per heavy atom. The Balaban J connectivity index is 2.58. The van der Waals surface area contributed by atoms with Gasteiger partial charge >= 0.3 is 0 Å². The third-order valence-electron chi connectivity index (χ3n) is 2.63. The number of aryl methyl sites for hydroxylation is 2. The van der Waals surface area contributed by atoms with Crippen LogP contribution in [-0.4, -0.2) is 4.98 Å². The second-order valence-corrected chi connectivity index (χ2v) is 3.89. The lowest BCUT2D eigenvalue weighted by Crippen LogP contribution is -1.95. The molecule has 1 heterocycles. The number of nitrogens with zero attached hydrogens (tertiary/aromatic N) is 1. The van der Waals surface area contributed by atoms with Crippen LogP contribution in [-0.2, 0) is 0 Å². The van der Waals surface area contributed by atoms with E-state index in [1.807, 2.05) is 19.9 Å². The van der Waals surface area contributed by atoms with E-state index >= 15 is 0 Å². The molecule has 82 valence electrons. The highest BCUT2D eigenvalue weighted by Crippen LogP contribution is 2.25. The monoisotopic (exact) mass is 216 g/mol. The Bertz CT molecular complexity index is 535. The quantitative estimate of drug-likeness (QED) is 0.795. The van der Waals surface area contributed by atoms with Crippen LogP contribution in [0.4, 0.5) is 10.2 Å². The molecule has 0 radical (unpaired) electrons. The van der Waals surface area contributed by atoms with Gasteiger partial charge in [0, 0.05) is 11.8 Å². The molecule has 0 spiro atoms. The van der Waals surface area contributed by atoms with Crippen LogP contribution in [0.3, 0.4) is 0 Å². The van der Waals surface area contributed by atoms with E-state index < -0.39 is 0 Å². The molecule has 0 saturated carbocycles. The van der Waals surface area contributed by atoms with E-state index in [1.54, 1.807) is 12.3 Å². The maximum absolute atomic E-state index is 13.2. The van der Waals surface area contributed by atoms with E-state index in [9.17, 15) is 4.39 Å². The number of nitrogen functional groups attached to an aromatic ring is 1. The Hall–Kier alpha value is -1.90. The minimum atomic E-state index is -0.241. The van der Waals surface area contributed by atoms with E-state index in [0.29, 0.717) is 5.82 Å². The second-order valence-electron chi connectivity index (χ2n) is 3.89. The maximum atomic E-state index is 13.2. The molecule has 0 bridgehead atoms. The lowest BCUT2D eigenvalue weighted by Gasteiger charge is -2.07. The molecule has 2 rings (SSSR count). The number of aromatic nitrogens is 1. The topological polar surface area (TPSA) is 38.9 Å². The fourth-order valence-electron chi connectivity index (χ4n) is 1.64. The summed E-state index contributed by atoms with van der Waals surface area (Å²) in [6, 6.07) is 6.65. The van der Waals surface area contributed by atoms with Gasteiger partial charge in [0.1, 0.15) is 11.6 Å². The van der Waals surface area contributed by atoms with Crippen molar-refractivity contribution in [3.63, 3.8) is 0 Å². The highest BCUT2D eigenvalue weighted by atomic mass is 19.1. The first-order valence-corrected chi connectivity index (χ1v) is 5.06. The van der Waals surface area contributed by atoms with Gasteiger partial charge in [-0.05, 0) is 48.7 Å². The van der Waals surface area contributed by atoms with Crippen molar-refractivity contribution in [2.24, 2.45) is 0 Å². The van der Waals surface area contributed by atoms with Crippen LogP contribution in [0.5, 0.6) is 0 Å². The first-order valence-electron chi connectivity index (χ1n) is 5.06. The number of halogens is 1. The molecule has 2 N–H and O–H groups in total. The first kappa shape index (κ1) is 10.6. The molecule has 0 aliphatic carbocycles. The van der Waals surface area contributed by atoms with Crippen molar-refractivity contribution in [3.05, 3.63) is 47.4 Å². The van der Waals surface area contributed by atoms with Gasteiger partial charge < -0.3 is 5.73 Å². The fourth-order valence-corrected chi connectivity index (χ4v) is 1.64. The minimum absolute atomic E-state index is 0.241. The zero-order valence-corrected chi connectivity index (χ0v) is 9.29. The summed E-state index contributed by atoms with van der Waals surface area (Å²) in [5.74, 6) is 0.271. The molecule has 0 atom stereocenters. The average Bonchev–Trinajstić information content (AvgIpc) is 2.26. The second kappa shape index (κ2) is 3.93. The summed E-state index contributed by atoms with van der Waals surface area (Å²) in [5.41, 5.74) is 9.32. The number of benzene rings is 1. The zero-order valence-electron chi connectivity index (χ0n) is 9.29. The maximum Gasteiger partial charge on any atom is 0.126 e. The number of anilines is 1. The zero-order chi connectivity index (χ0) is 11.7. The van der Waals surface area contributed by atoms with Crippen molar-refractivity contribution in [3.8, 4) is 11.1 Å². The van der Waals surface area contributed by atoms with E-state index in [-0.39, 0.29) is 5.82 Å². The summed E-state index contributed by atoms with van der Waals surface area (Å²) in [7, 11) is 0. The van der Waals surface area contributed by atoms with Crippen molar-refractivity contribution in [2.45, 2.75) is 13.8 Å². The average molecular weight is 216 g/mol. The van der Waals surface area contributed by atoms with Gasteiger partial charge in [-0.15, -0.1) is 0 Å². The van der Waals surface area contributed by atoms with Crippen molar-refractivity contribution >= 4 is 5.82 Å². The Labute approximate surface area is 93.9 Å². The smallest absolute Gasteiger partial charge is 0.126 e. The molecule has 0 saturated heterocycles. The van der Waals surface area contributed by atoms with Gasteiger partial charge in [0.15, 0.2) is 0 Å². The standard InChI is InChI=1S/C13H13FN2/c1-8-3-4-11(14)6-12(8)10-5-9(2)13(15)16-7-10/h3-7H,1-2H3,(H2,15,16). The van der Waals surface area contributed by atoms with Gasteiger partial charge in [0.25, 0.3) is 0 Å². The highest BCUT2D eigenvalue weighted by Gasteiger charge is 2.05. The highest BCUT2D eigenvalue weighted by molar-refractivity contribution is 5.68. The molecule has 3 heteroatoms. The van der Waals surface area contributed by atoms with E-state index in [2.05, 4.69) is 4.98 Å². The van der Waals surface area contributed by atoms with Crippen molar-refractivity contribution < 1.29 is 4.39 Å². The van der Waals surface area contributed by atoms with E-state index in [4.69, 9.17) is 5.73 Å². The number of nitrogens with two attached hydrogens (primary N) is 1. The van der Waals surface area contributed by atoms with Crippen LogP contribution in [0.2, 0.25) is 0 Å². The molecule has 2 aromatic rings. The summed E-state index contributed by atoms with van der Waals surface area (Å²) in [6.07, 6.45) is 1.67. The summed E-state index contributed by atoms with van der Waals surface area (Å²) >= 11 is 0. The van der Waals surface area contributed by atoms with Gasteiger partial charge in [-0.2, -0.15) is 0 Å². The van der Waals surface area contributed by atoms with Crippen LogP contribution in [0.1, 0.15) is 11.1 Å². The summed E-state index contributed by atoms with van der Waals surface area (Å²) in [4.78, 5) is 4.08. The number of hydrogen-bond donors (Lipinski definition) is 1. The minimum Gasteiger partial charge on any atom is -0.383 e. The van der Waals surface area contributed by atoms with E-state index in [0.717, 1.165) is 22.3 Å². The molecule has 0 fully saturated rings. The van der Waals surface area contributed by atoms with Gasteiger partial charge in [-0.25, -0.2) is 9.37 Å². The number of pyridine rings is 1. The molecule has 1 aromatic carbocycles. The molecular weight excluding hydrogens is 203 g/mol.